The Bertz CT molecular complexity index is 1570. The summed E-state index contributed by atoms with van der Waals surface area (Å²) in [5.74, 6) is -3.48. The molecule has 2 heterocycles. The van der Waals surface area contributed by atoms with E-state index in [1.165, 1.54) is 32.8 Å². The number of rotatable bonds is 7. The largest absolute Gasteiger partial charge is 0.496 e. The van der Waals surface area contributed by atoms with E-state index in [1.807, 2.05) is 38.2 Å². The zero-order valence-electron chi connectivity index (χ0n) is 25.1. The van der Waals surface area contributed by atoms with Gasteiger partial charge in [0.25, 0.3) is 5.56 Å². The number of H-pyrrole nitrogens is 1. The number of amides is 3. The van der Waals surface area contributed by atoms with E-state index >= 15 is 0 Å². The molecule has 43 heavy (non-hydrogen) atoms. The predicted molar refractivity (Wildman–Crippen MR) is 151 cm³/mol. The van der Waals surface area contributed by atoms with Gasteiger partial charge < -0.3 is 25.3 Å². The topological polar surface area (TPSA) is 144 Å². The van der Waals surface area contributed by atoms with Crippen LogP contribution in [0, 0.1) is 40.9 Å². The Morgan fingerprint density at radius 2 is 1.84 bits per heavy atom. The molecule has 1 aliphatic heterocycles. The summed E-state index contributed by atoms with van der Waals surface area (Å²) in [6.07, 6.45) is -5.32. The Kier molecular flexibility index (Phi) is 8.06. The maximum Gasteiger partial charge on any atom is 0.471 e. The quantitative estimate of drug-likeness (QED) is 0.444. The van der Waals surface area contributed by atoms with Crippen molar-refractivity contribution in [3.63, 3.8) is 0 Å². The van der Waals surface area contributed by atoms with Crippen LogP contribution in [0.4, 0.5) is 13.2 Å². The number of nitrogens with one attached hydrogen (secondary N) is 3. The minimum atomic E-state index is -5.19. The van der Waals surface area contributed by atoms with E-state index in [9.17, 15) is 37.6 Å². The molecular weight excluding hydrogens is 567 g/mol. The van der Waals surface area contributed by atoms with Crippen LogP contribution in [0.2, 0.25) is 0 Å². The Labute approximate surface area is 246 Å². The number of aromatic nitrogens is 1. The van der Waals surface area contributed by atoms with E-state index in [0.717, 1.165) is 5.56 Å². The highest BCUT2D eigenvalue weighted by atomic mass is 19.4. The molecule has 0 spiro atoms. The molecule has 3 N–H and O–H groups in total. The second kappa shape index (κ2) is 10.9. The number of nitrogens with zero attached hydrogens (tertiary/aromatic N) is 2. The molecule has 0 unspecified atom stereocenters. The van der Waals surface area contributed by atoms with E-state index in [0.29, 0.717) is 16.7 Å². The normalized spacial score (nSPS) is 22.3. The first-order valence-corrected chi connectivity index (χ1v) is 13.9. The lowest BCUT2D eigenvalue weighted by molar-refractivity contribution is -0.176. The summed E-state index contributed by atoms with van der Waals surface area (Å²) < 4.78 is 44.6. The molecule has 232 valence electrons. The van der Waals surface area contributed by atoms with Crippen LogP contribution in [0.3, 0.4) is 0 Å². The van der Waals surface area contributed by atoms with Crippen molar-refractivity contribution in [1.82, 2.24) is 20.5 Å². The average Bonchev–Trinajstić information content (AvgIpc) is 3.21. The van der Waals surface area contributed by atoms with Gasteiger partial charge in [0.05, 0.1) is 18.7 Å². The molecule has 5 atom stereocenters. The number of hydrogen-bond donors (Lipinski definition) is 3. The summed E-state index contributed by atoms with van der Waals surface area (Å²) in [4.78, 5) is 56.0. The van der Waals surface area contributed by atoms with Crippen LogP contribution in [-0.2, 0) is 20.8 Å². The third kappa shape index (κ3) is 6.05. The lowest BCUT2D eigenvalue weighted by Gasteiger charge is -2.37. The predicted octanol–water partition coefficient (Wildman–Crippen LogP) is 2.97. The van der Waals surface area contributed by atoms with Crippen LogP contribution in [0.25, 0.3) is 10.9 Å². The number of carbonyl (C=O) groups excluding carboxylic acids is 3. The number of halogens is 3. The van der Waals surface area contributed by atoms with Gasteiger partial charge in [-0.15, -0.1) is 0 Å². The number of alkyl halides is 3. The standard InChI is InChI=1S/C30H36F3N5O5/c1-14-8-15-9-16(24(39)36-19(15)11-20(14)43-7)10-17(12-34)35-25(40)22-21-18(29(21,5)6)13-38(22)26(41)23(28(2,3)4)37-27(42)30(31,32)33/h8-9,11,17-18,21-23H,10,13H2,1-7H3,(H,35,40)(H,36,39)(H,37,42)/t17-,18-,21-,22-,23+/m0/s1. The van der Waals surface area contributed by atoms with Crippen LogP contribution in [0.5, 0.6) is 5.75 Å². The van der Waals surface area contributed by atoms with Crippen LogP contribution in [0.15, 0.2) is 23.0 Å². The van der Waals surface area contributed by atoms with Crippen LogP contribution in [-0.4, -0.2) is 65.6 Å². The van der Waals surface area contributed by atoms with Crippen LogP contribution in [0.1, 0.15) is 45.7 Å². The highest BCUT2D eigenvalue weighted by Gasteiger charge is 2.70. The van der Waals surface area contributed by atoms with Crippen molar-refractivity contribution in [3.8, 4) is 11.8 Å². The SMILES string of the molecule is COc1cc2[nH]c(=O)c(C[C@@H](C#N)NC(=O)[C@@H]3[C@@H]4[C@H](CN3C(=O)[C@@H](NC(=O)C(F)(F)F)C(C)(C)C)C4(C)C)cc2cc1C. The Morgan fingerprint density at radius 3 is 2.40 bits per heavy atom. The molecule has 1 saturated carbocycles. The number of fused-ring (bicyclic) bond motifs is 2. The molecule has 10 nitrogen and oxygen atoms in total. The summed E-state index contributed by atoms with van der Waals surface area (Å²) in [5, 5.41) is 15.1. The number of aromatic amines is 1. The van der Waals surface area contributed by atoms with Crippen LogP contribution >= 0.6 is 0 Å². The molecule has 4 rings (SSSR count). The molecule has 3 amide bonds. The molecule has 1 aliphatic carbocycles. The van der Waals surface area contributed by atoms with Crippen molar-refractivity contribution in [1.29, 1.82) is 5.26 Å². The third-order valence-electron chi connectivity index (χ3n) is 8.74. The number of methoxy groups -OCH3 is 1. The van der Waals surface area contributed by atoms with E-state index in [4.69, 9.17) is 4.74 Å². The number of benzene rings is 1. The highest BCUT2D eigenvalue weighted by molar-refractivity contribution is 5.95. The fourth-order valence-corrected chi connectivity index (χ4v) is 6.21. The van der Waals surface area contributed by atoms with E-state index < -0.39 is 53.0 Å². The van der Waals surface area contributed by atoms with Crippen molar-refractivity contribution in [3.05, 3.63) is 39.7 Å². The van der Waals surface area contributed by atoms with E-state index in [1.54, 1.807) is 12.1 Å². The smallest absolute Gasteiger partial charge is 0.471 e. The molecule has 2 aromatic rings. The first kappa shape index (κ1) is 31.8. The van der Waals surface area contributed by atoms with Gasteiger partial charge in [-0.05, 0) is 52.7 Å². The number of carbonyl (C=O) groups is 3. The molecule has 1 aromatic heterocycles. The van der Waals surface area contributed by atoms with Crippen molar-refractivity contribution in [2.45, 2.75) is 72.3 Å². The summed E-state index contributed by atoms with van der Waals surface area (Å²) in [7, 11) is 1.52. The maximum absolute atomic E-state index is 13.7. The highest BCUT2D eigenvalue weighted by Crippen LogP contribution is 2.65. The number of ether oxygens (including phenoxy) is 1. The molecule has 1 aromatic carbocycles. The summed E-state index contributed by atoms with van der Waals surface area (Å²) in [6.45, 7) is 10.4. The number of pyridine rings is 1. The van der Waals surface area contributed by atoms with Crippen LogP contribution < -0.4 is 20.9 Å². The molecule has 2 fully saturated rings. The summed E-state index contributed by atoms with van der Waals surface area (Å²) in [5.41, 5.74) is -0.219. The number of likely N-dealkylation sites (tertiary alicyclic amines) is 1. The first-order valence-electron chi connectivity index (χ1n) is 13.9. The minimum Gasteiger partial charge on any atom is -0.496 e. The van der Waals surface area contributed by atoms with Crippen molar-refractivity contribution < 1.29 is 32.3 Å². The van der Waals surface area contributed by atoms with Gasteiger partial charge in [0.15, 0.2) is 0 Å². The Hall–Kier alpha value is -4.08. The third-order valence-corrected chi connectivity index (χ3v) is 8.74. The average molecular weight is 604 g/mol. The van der Waals surface area contributed by atoms with Gasteiger partial charge >= 0.3 is 12.1 Å². The number of nitriles is 1. The van der Waals surface area contributed by atoms with Crippen molar-refractivity contribution >= 4 is 28.6 Å². The van der Waals surface area contributed by atoms with Gasteiger partial charge in [0, 0.05) is 24.6 Å². The molecule has 0 radical (unpaired) electrons. The monoisotopic (exact) mass is 603 g/mol. The van der Waals surface area contributed by atoms with Gasteiger partial charge in [-0.3, -0.25) is 19.2 Å². The van der Waals surface area contributed by atoms with Crippen molar-refractivity contribution in [2.24, 2.45) is 22.7 Å². The summed E-state index contributed by atoms with van der Waals surface area (Å²) in [6, 6.07) is 3.41. The molecule has 0 bridgehead atoms. The van der Waals surface area contributed by atoms with Crippen molar-refractivity contribution in [2.75, 3.05) is 13.7 Å². The van der Waals surface area contributed by atoms with Gasteiger partial charge in [-0.2, -0.15) is 18.4 Å². The second-order valence-electron chi connectivity index (χ2n) is 13.1. The molecular formula is C30H36F3N5O5. The second-order valence-corrected chi connectivity index (χ2v) is 13.1. The molecule has 1 saturated heterocycles. The van der Waals surface area contributed by atoms with Gasteiger partial charge in [0.1, 0.15) is 23.9 Å². The zero-order chi connectivity index (χ0) is 32.2. The lowest BCUT2D eigenvalue weighted by atomic mass is 9.85. The van der Waals surface area contributed by atoms with E-state index in [2.05, 4.69) is 10.3 Å². The molecule has 13 heteroatoms. The number of hydrogen-bond acceptors (Lipinski definition) is 6. The first-order chi connectivity index (χ1) is 19.8. The van der Waals surface area contributed by atoms with Gasteiger partial charge in [0.2, 0.25) is 11.8 Å². The van der Waals surface area contributed by atoms with E-state index in [-0.39, 0.29) is 35.8 Å². The maximum atomic E-state index is 13.7. The molecule has 2 aliphatic rings. The minimum absolute atomic E-state index is 0.0877. The zero-order valence-corrected chi connectivity index (χ0v) is 25.1. The Morgan fingerprint density at radius 1 is 1.19 bits per heavy atom. The van der Waals surface area contributed by atoms with Gasteiger partial charge in [-0.25, -0.2) is 0 Å². The number of piperidine rings is 1. The Balaban J connectivity index is 1.58. The fourth-order valence-electron chi connectivity index (χ4n) is 6.21. The summed E-state index contributed by atoms with van der Waals surface area (Å²) >= 11 is 0. The fraction of sp³-hybridized carbons (Fsp3) is 0.567. The lowest BCUT2D eigenvalue weighted by Crippen LogP contribution is -2.61. The number of aryl methyl sites for hydroxylation is 1. The van der Waals surface area contributed by atoms with Gasteiger partial charge in [-0.1, -0.05) is 34.6 Å².